The van der Waals surface area contributed by atoms with Gasteiger partial charge in [0.1, 0.15) is 0 Å². The maximum Gasteiger partial charge on any atom is 0.00418 e. The first-order valence-electron chi connectivity index (χ1n) is 6.56. The predicted octanol–water partition coefficient (Wildman–Crippen LogP) is 4.42. The van der Waals surface area contributed by atoms with Gasteiger partial charge in [-0.2, -0.15) is 0 Å². The van der Waals surface area contributed by atoms with Gasteiger partial charge in [0.05, 0.1) is 0 Å². The Bertz CT molecular complexity index is 151. The molecule has 0 aliphatic carbocycles. The van der Waals surface area contributed by atoms with Crippen LogP contribution in [0.25, 0.3) is 0 Å². The van der Waals surface area contributed by atoms with E-state index >= 15 is 0 Å². The van der Waals surface area contributed by atoms with Crippen LogP contribution < -0.4 is 5.73 Å². The lowest BCUT2D eigenvalue weighted by molar-refractivity contribution is 0.512. The van der Waals surface area contributed by atoms with E-state index in [0.717, 1.165) is 12.8 Å². The van der Waals surface area contributed by atoms with Crippen molar-refractivity contribution in [2.75, 3.05) is 0 Å². The molecule has 2 N–H and O–H groups in total. The molecule has 0 aromatic rings. The maximum atomic E-state index is 6.02. The van der Waals surface area contributed by atoms with E-state index in [2.05, 4.69) is 20.4 Å². The topological polar surface area (TPSA) is 26.0 Å². The molecule has 0 spiro atoms. The van der Waals surface area contributed by atoms with Crippen LogP contribution in [0.15, 0.2) is 12.2 Å². The van der Waals surface area contributed by atoms with Crippen LogP contribution in [0, 0.1) is 0 Å². The summed E-state index contributed by atoms with van der Waals surface area (Å²) in [5, 5.41) is 0. The molecule has 15 heavy (non-hydrogen) atoms. The Kier molecular flexibility index (Phi) is 10.0. The van der Waals surface area contributed by atoms with Gasteiger partial charge >= 0.3 is 0 Å². The second-order valence-electron chi connectivity index (χ2n) is 4.81. The summed E-state index contributed by atoms with van der Waals surface area (Å²) in [6.07, 6.45) is 11.6. The first kappa shape index (κ1) is 14.7. The fourth-order valence-electron chi connectivity index (χ4n) is 1.76. The van der Waals surface area contributed by atoms with E-state index in [9.17, 15) is 0 Å². The molecule has 90 valence electrons. The molecule has 0 saturated carbocycles. The van der Waals surface area contributed by atoms with Gasteiger partial charge in [-0.05, 0) is 26.2 Å². The van der Waals surface area contributed by atoms with Crippen molar-refractivity contribution in [3.63, 3.8) is 0 Å². The van der Waals surface area contributed by atoms with E-state index < -0.39 is 0 Å². The summed E-state index contributed by atoms with van der Waals surface area (Å²) in [5.74, 6) is 0. The summed E-state index contributed by atoms with van der Waals surface area (Å²) >= 11 is 0. The lowest BCUT2D eigenvalue weighted by Crippen LogP contribution is -2.19. The molecule has 1 heteroatoms. The molecule has 0 aromatic heterocycles. The fraction of sp³-hybridized carbons (Fsp3) is 0.857. The lowest BCUT2D eigenvalue weighted by atomic mass is 10.0. The van der Waals surface area contributed by atoms with E-state index in [4.69, 9.17) is 5.73 Å². The molecule has 0 heterocycles. The standard InChI is InChI=1S/C14H29N/c1-4-5-6-7-8-9-10-14(15)12-11-13(2)3/h14H,2,4-12,15H2,1,3H3. The van der Waals surface area contributed by atoms with Crippen molar-refractivity contribution in [1.29, 1.82) is 0 Å². The van der Waals surface area contributed by atoms with Gasteiger partial charge in [-0.15, -0.1) is 6.58 Å². The second kappa shape index (κ2) is 10.2. The number of nitrogens with two attached hydrogens (primary N) is 1. The highest BCUT2D eigenvalue weighted by molar-refractivity contribution is 4.88. The van der Waals surface area contributed by atoms with Crippen molar-refractivity contribution in [2.24, 2.45) is 5.73 Å². The Morgan fingerprint density at radius 1 is 1.07 bits per heavy atom. The number of unbranched alkanes of at least 4 members (excludes halogenated alkanes) is 5. The molecule has 1 nitrogen and oxygen atoms in total. The summed E-state index contributed by atoms with van der Waals surface area (Å²) in [6, 6.07) is 0.396. The maximum absolute atomic E-state index is 6.02. The molecular weight excluding hydrogens is 182 g/mol. The molecule has 0 aliphatic heterocycles. The van der Waals surface area contributed by atoms with Crippen molar-refractivity contribution >= 4 is 0 Å². The second-order valence-corrected chi connectivity index (χ2v) is 4.81. The Balaban J connectivity index is 3.16. The number of hydrogen-bond donors (Lipinski definition) is 1. The molecule has 0 amide bonds. The summed E-state index contributed by atoms with van der Waals surface area (Å²) in [5.41, 5.74) is 7.28. The minimum atomic E-state index is 0.396. The zero-order valence-corrected chi connectivity index (χ0v) is 10.7. The first-order chi connectivity index (χ1) is 7.16. The first-order valence-corrected chi connectivity index (χ1v) is 6.56. The Labute approximate surface area is 96.1 Å². The summed E-state index contributed by atoms with van der Waals surface area (Å²) in [7, 11) is 0. The van der Waals surface area contributed by atoms with Crippen molar-refractivity contribution in [3.8, 4) is 0 Å². The summed E-state index contributed by atoms with van der Waals surface area (Å²) in [4.78, 5) is 0. The lowest BCUT2D eigenvalue weighted by Gasteiger charge is -2.10. The third-order valence-electron chi connectivity index (χ3n) is 2.87. The largest absolute Gasteiger partial charge is 0.328 e. The van der Waals surface area contributed by atoms with Crippen LogP contribution >= 0.6 is 0 Å². The number of allylic oxidation sites excluding steroid dienone is 1. The third kappa shape index (κ3) is 11.6. The molecule has 0 aliphatic rings. The summed E-state index contributed by atoms with van der Waals surface area (Å²) < 4.78 is 0. The van der Waals surface area contributed by atoms with Crippen LogP contribution in [0.4, 0.5) is 0 Å². The van der Waals surface area contributed by atoms with E-state index in [0.29, 0.717) is 6.04 Å². The van der Waals surface area contributed by atoms with E-state index in [1.807, 2.05) is 0 Å². The zero-order valence-electron chi connectivity index (χ0n) is 10.7. The quantitative estimate of drug-likeness (QED) is 0.420. The van der Waals surface area contributed by atoms with E-state index in [1.165, 1.54) is 50.5 Å². The van der Waals surface area contributed by atoms with Gasteiger partial charge in [0.2, 0.25) is 0 Å². The van der Waals surface area contributed by atoms with E-state index in [1.54, 1.807) is 0 Å². The number of hydrogen-bond acceptors (Lipinski definition) is 1. The fourth-order valence-corrected chi connectivity index (χ4v) is 1.76. The highest BCUT2D eigenvalue weighted by atomic mass is 14.6. The predicted molar refractivity (Wildman–Crippen MR) is 70.0 cm³/mol. The van der Waals surface area contributed by atoms with Gasteiger partial charge in [0.25, 0.3) is 0 Å². The molecule has 0 saturated heterocycles. The molecule has 0 aromatic carbocycles. The van der Waals surface area contributed by atoms with Crippen LogP contribution in [-0.4, -0.2) is 6.04 Å². The van der Waals surface area contributed by atoms with Gasteiger partial charge in [-0.3, -0.25) is 0 Å². The molecule has 1 atom stereocenters. The highest BCUT2D eigenvalue weighted by Gasteiger charge is 2.01. The Hall–Kier alpha value is -0.300. The number of rotatable bonds is 10. The average molecular weight is 211 g/mol. The third-order valence-corrected chi connectivity index (χ3v) is 2.87. The van der Waals surface area contributed by atoms with Crippen molar-refractivity contribution in [3.05, 3.63) is 12.2 Å². The van der Waals surface area contributed by atoms with Crippen LogP contribution in [-0.2, 0) is 0 Å². The molecule has 1 unspecified atom stereocenters. The zero-order chi connectivity index (χ0) is 11.5. The monoisotopic (exact) mass is 211 g/mol. The van der Waals surface area contributed by atoms with Crippen molar-refractivity contribution in [1.82, 2.24) is 0 Å². The minimum Gasteiger partial charge on any atom is -0.328 e. The summed E-state index contributed by atoms with van der Waals surface area (Å²) in [6.45, 7) is 8.24. The minimum absolute atomic E-state index is 0.396. The molecule has 0 radical (unpaired) electrons. The molecule has 0 rings (SSSR count). The highest BCUT2D eigenvalue weighted by Crippen LogP contribution is 2.11. The Morgan fingerprint density at radius 2 is 1.67 bits per heavy atom. The normalized spacial score (nSPS) is 12.7. The SMILES string of the molecule is C=C(C)CCC(N)CCCCCCCC. The average Bonchev–Trinajstić information content (AvgIpc) is 2.20. The van der Waals surface area contributed by atoms with Gasteiger partial charge in [0, 0.05) is 6.04 Å². The van der Waals surface area contributed by atoms with Gasteiger partial charge < -0.3 is 5.73 Å². The van der Waals surface area contributed by atoms with Gasteiger partial charge in [-0.25, -0.2) is 0 Å². The molecule has 0 bridgehead atoms. The van der Waals surface area contributed by atoms with Gasteiger partial charge in [-0.1, -0.05) is 51.0 Å². The van der Waals surface area contributed by atoms with Crippen LogP contribution in [0.3, 0.4) is 0 Å². The Morgan fingerprint density at radius 3 is 2.27 bits per heavy atom. The van der Waals surface area contributed by atoms with Crippen LogP contribution in [0.1, 0.15) is 71.6 Å². The van der Waals surface area contributed by atoms with Crippen LogP contribution in [0.5, 0.6) is 0 Å². The van der Waals surface area contributed by atoms with Crippen LogP contribution in [0.2, 0.25) is 0 Å². The van der Waals surface area contributed by atoms with E-state index in [-0.39, 0.29) is 0 Å². The van der Waals surface area contributed by atoms with Crippen molar-refractivity contribution in [2.45, 2.75) is 77.7 Å². The smallest absolute Gasteiger partial charge is 0.00418 e. The van der Waals surface area contributed by atoms with Crippen molar-refractivity contribution < 1.29 is 0 Å². The van der Waals surface area contributed by atoms with Gasteiger partial charge in [0.15, 0.2) is 0 Å². The molecule has 0 fully saturated rings. The molecular formula is C14H29N.